The lowest BCUT2D eigenvalue weighted by Crippen LogP contribution is -2.12. The van der Waals surface area contributed by atoms with Crippen LogP contribution in [0.15, 0.2) is 67.0 Å². The lowest BCUT2D eigenvalue weighted by Gasteiger charge is -2.13. The van der Waals surface area contributed by atoms with Crippen LogP contribution in [0.2, 0.25) is 0 Å². The quantitative estimate of drug-likeness (QED) is 0.268. The summed E-state index contributed by atoms with van der Waals surface area (Å²) in [5.74, 6) is -1.55. The number of carbonyl (C=O) groups excluding carboxylic acids is 1. The van der Waals surface area contributed by atoms with Crippen LogP contribution in [0.25, 0.3) is 33.3 Å². The molecule has 5 rings (SSSR count). The number of nitrogens with zero attached hydrogens (tertiary/aromatic N) is 5. The summed E-state index contributed by atoms with van der Waals surface area (Å²) in [6.07, 6.45) is 3.00. The normalized spacial score (nSPS) is 10.9. The summed E-state index contributed by atoms with van der Waals surface area (Å²) >= 11 is 0. The molecule has 40 heavy (non-hydrogen) atoms. The smallest absolute Gasteiger partial charge is 0.250 e. The molecule has 0 aliphatic carbocycles. The van der Waals surface area contributed by atoms with E-state index in [2.05, 4.69) is 28.0 Å². The van der Waals surface area contributed by atoms with Gasteiger partial charge in [0.2, 0.25) is 5.88 Å². The van der Waals surface area contributed by atoms with Crippen molar-refractivity contribution in [2.75, 3.05) is 11.1 Å². The lowest BCUT2D eigenvalue weighted by atomic mass is 9.97. The van der Waals surface area contributed by atoms with E-state index in [1.807, 2.05) is 0 Å². The fourth-order valence-corrected chi connectivity index (χ4v) is 4.51. The molecule has 0 fully saturated rings. The van der Waals surface area contributed by atoms with Gasteiger partial charge in [0.25, 0.3) is 5.91 Å². The van der Waals surface area contributed by atoms with Crippen molar-refractivity contribution in [2.24, 2.45) is 14.1 Å². The second kappa shape index (κ2) is 9.99. The first kappa shape index (κ1) is 26.1. The summed E-state index contributed by atoms with van der Waals surface area (Å²) in [6.45, 7) is 5.13. The van der Waals surface area contributed by atoms with Crippen LogP contribution in [0, 0.1) is 23.0 Å². The van der Waals surface area contributed by atoms with Crippen LogP contribution in [0.3, 0.4) is 0 Å². The van der Waals surface area contributed by atoms with Gasteiger partial charge in [-0.1, -0.05) is 12.6 Å². The molecule has 11 heteroatoms. The number of hydrogen-bond acceptors (Lipinski definition) is 6. The molecule has 3 N–H and O–H groups in total. The molecule has 0 aliphatic heterocycles. The minimum Gasteiger partial charge on any atom is -0.434 e. The summed E-state index contributed by atoms with van der Waals surface area (Å²) in [7, 11) is 3.37. The summed E-state index contributed by atoms with van der Waals surface area (Å²) in [4.78, 5) is 16.2. The van der Waals surface area contributed by atoms with Crippen molar-refractivity contribution >= 4 is 28.3 Å². The maximum Gasteiger partial charge on any atom is 0.250 e. The molecule has 5 aromatic rings. The van der Waals surface area contributed by atoms with Crippen LogP contribution in [0.1, 0.15) is 12.5 Å². The number of aryl methyl sites for hydroxylation is 2. The molecular weight excluding hydrogens is 516 g/mol. The number of amides is 1. The molecule has 0 saturated carbocycles. The molecule has 0 radical (unpaired) electrons. The molecule has 0 bridgehead atoms. The van der Waals surface area contributed by atoms with Gasteiger partial charge in [-0.05, 0) is 42.8 Å². The zero-order valence-corrected chi connectivity index (χ0v) is 21.8. The molecule has 0 aliphatic rings. The molecule has 3 heterocycles. The Balaban J connectivity index is 1.71. The number of benzene rings is 2. The van der Waals surface area contributed by atoms with E-state index in [1.54, 1.807) is 43.9 Å². The number of nitriles is 1. The average molecular weight is 540 g/mol. The monoisotopic (exact) mass is 539 g/mol. The maximum absolute atomic E-state index is 15.7. The van der Waals surface area contributed by atoms with E-state index in [-0.39, 0.29) is 39.8 Å². The number of hydrogen-bond donors (Lipinski definition) is 2. The Morgan fingerprint density at radius 3 is 2.55 bits per heavy atom. The molecule has 2 aromatic carbocycles. The van der Waals surface area contributed by atoms with Crippen molar-refractivity contribution in [1.82, 2.24) is 19.3 Å². The molecule has 1 amide bonds. The fourth-order valence-electron chi connectivity index (χ4n) is 4.51. The number of halogens is 2. The number of nitrogens with one attached hydrogen (secondary N) is 1. The summed E-state index contributed by atoms with van der Waals surface area (Å²) < 4.78 is 39.7. The highest BCUT2D eigenvalue weighted by Gasteiger charge is 2.26. The van der Waals surface area contributed by atoms with E-state index < -0.39 is 17.5 Å². The van der Waals surface area contributed by atoms with Gasteiger partial charge in [-0.3, -0.25) is 9.48 Å². The second-order valence-electron chi connectivity index (χ2n) is 9.18. The average Bonchev–Trinajstić information content (AvgIpc) is 3.46. The van der Waals surface area contributed by atoms with Gasteiger partial charge < -0.3 is 20.4 Å². The number of nitrogen functional groups attached to an aromatic ring is 1. The number of ether oxygens (including phenoxy) is 1. The van der Waals surface area contributed by atoms with Gasteiger partial charge in [-0.2, -0.15) is 5.26 Å². The predicted molar refractivity (Wildman–Crippen MR) is 147 cm³/mol. The van der Waals surface area contributed by atoms with E-state index in [1.165, 1.54) is 41.2 Å². The highest BCUT2D eigenvalue weighted by Crippen LogP contribution is 2.45. The first-order valence-corrected chi connectivity index (χ1v) is 12.0. The second-order valence-corrected chi connectivity index (χ2v) is 9.18. The van der Waals surface area contributed by atoms with Crippen molar-refractivity contribution in [3.8, 4) is 40.1 Å². The number of anilines is 2. The van der Waals surface area contributed by atoms with Crippen molar-refractivity contribution in [3.05, 3.63) is 84.2 Å². The minimum absolute atomic E-state index is 0.0585. The highest BCUT2D eigenvalue weighted by atomic mass is 19.1. The SMILES string of the molecule is C=C(C)C(=O)Nc1ccc(-c2c(-c3ccc(Oc4ccn(C)n4)c(F)c3)c3c(N)ncc(C#N)c3n2C)c(F)c1. The minimum atomic E-state index is -0.688. The molecule has 0 atom stereocenters. The van der Waals surface area contributed by atoms with Crippen molar-refractivity contribution in [3.63, 3.8) is 0 Å². The van der Waals surface area contributed by atoms with Gasteiger partial charge in [0, 0.05) is 54.9 Å². The van der Waals surface area contributed by atoms with Crippen LogP contribution in [0.4, 0.5) is 20.3 Å². The molecule has 0 saturated heterocycles. The Bertz CT molecular complexity index is 1880. The molecular formula is C29H23F2N7O2. The number of pyridine rings is 1. The van der Waals surface area contributed by atoms with Crippen LogP contribution in [0.5, 0.6) is 11.6 Å². The highest BCUT2D eigenvalue weighted by molar-refractivity contribution is 6.11. The largest absolute Gasteiger partial charge is 0.434 e. The molecule has 3 aromatic heterocycles. The third-order valence-corrected chi connectivity index (χ3v) is 6.35. The van der Waals surface area contributed by atoms with Gasteiger partial charge in [0.05, 0.1) is 22.2 Å². The van der Waals surface area contributed by atoms with E-state index in [0.717, 1.165) is 0 Å². The maximum atomic E-state index is 15.7. The number of rotatable bonds is 6. The van der Waals surface area contributed by atoms with E-state index in [4.69, 9.17) is 10.5 Å². The van der Waals surface area contributed by atoms with Crippen LogP contribution in [-0.2, 0) is 18.9 Å². The first-order valence-electron chi connectivity index (χ1n) is 12.0. The Hall–Kier alpha value is -5.50. The van der Waals surface area contributed by atoms with Gasteiger partial charge in [0.15, 0.2) is 11.6 Å². The Morgan fingerprint density at radius 2 is 1.93 bits per heavy atom. The van der Waals surface area contributed by atoms with E-state index >= 15 is 8.78 Å². The predicted octanol–water partition coefficient (Wildman–Crippen LogP) is 5.68. The number of aromatic nitrogens is 4. The van der Waals surface area contributed by atoms with Crippen molar-refractivity contribution in [1.29, 1.82) is 5.26 Å². The zero-order chi connectivity index (χ0) is 28.7. The fraction of sp³-hybridized carbons (Fsp3) is 0.103. The Morgan fingerprint density at radius 1 is 1.15 bits per heavy atom. The summed E-state index contributed by atoms with van der Waals surface area (Å²) in [5, 5.41) is 16.8. The lowest BCUT2D eigenvalue weighted by molar-refractivity contribution is -0.112. The number of fused-ring (bicyclic) bond motifs is 1. The van der Waals surface area contributed by atoms with Crippen LogP contribution >= 0.6 is 0 Å². The zero-order valence-electron chi connectivity index (χ0n) is 21.8. The third-order valence-electron chi connectivity index (χ3n) is 6.35. The van der Waals surface area contributed by atoms with E-state index in [9.17, 15) is 10.1 Å². The van der Waals surface area contributed by atoms with Gasteiger partial charge in [-0.15, -0.1) is 5.10 Å². The Kier molecular flexibility index (Phi) is 6.53. The Labute approximate surface area is 227 Å². The van der Waals surface area contributed by atoms with E-state index in [0.29, 0.717) is 27.7 Å². The third kappa shape index (κ3) is 4.52. The number of nitrogens with two attached hydrogens (primary N) is 1. The van der Waals surface area contributed by atoms with Gasteiger partial charge >= 0.3 is 0 Å². The molecule has 9 nitrogen and oxygen atoms in total. The first-order chi connectivity index (χ1) is 19.1. The van der Waals surface area contributed by atoms with Gasteiger partial charge in [0.1, 0.15) is 17.7 Å². The van der Waals surface area contributed by atoms with Crippen LogP contribution < -0.4 is 15.8 Å². The summed E-state index contributed by atoms with van der Waals surface area (Å²) in [6, 6.07) is 12.2. The van der Waals surface area contributed by atoms with Crippen molar-refractivity contribution in [2.45, 2.75) is 6.92 Å². The van der Waals surface area contributed by atoms with Crippen molar-refractivity contribution < 1.29 is 18.3 Å². The standard InChI is InChI=1S/C29H23F2N7O2/c1-15(2)29(39)35-18-6-7-19(20(30)12-18)27-24(25-26(38(27)4)17(13-32)14-34-28(25)33)16-5-8-22(21(31)11-16)40-23-9-10-37(3)36-23/h5-12,14H,1H2,2-4H3,(H2,33,34)(H,35,39). The van der Waals surface area contributed by atoms with Gasteiger partial charge in [-0.25, -0.2) is 13.8 Å². The summed E-state index contributed by atoms with van der Waals surface area (Å²) in [5.41, 5.74) is 8.61. The molecule has 0 spiro atoms. The number of carbonyl (C=O) groups is 1. The van der Waals surface area contributed by atoms with Crippen LogP contribution in [-0.4, -0.2) is 25.2 Å². The molecule has 200 valence electrons. The topological polar surface area (TPSA) is 124 Å². The molecule has 0 unspecified atom stereocenters.